The van der Waals surface area contributed by atoms with E-state index >= 15 is 0 Å². The molecule has 0 bridgehead atoms. The maximum atomic E-state index is 5.70. The standard InChI is InChI=1S/C28H58O2.2C2H6.CH4/c1-3-5-7-9-11-13-15-17-19-21-23-25-29-27-28-30-26-24-22-20-18-16-14-12-10-8-6-4-2;2*1-2;/h3-28H2,1-2H3;2*1-2H3;1H4. The lowest BCUT2D eigenvalue weighted by Crippen LogP contribution is -2.06. The summed E-state index contributed by atoms with van der Waals surface area (Å²) in [6.45, 7) is 16.0. The first-order valence-corrected chi connectivity index (χ1v) is 16.1. The Kier molecular flexibility index (Phi) is 56.6. The normalized spacial score (nSPS) is 10.1. The van der Waals surface area contributed by atoms with Gasteiger partial charge in [-0.05, 0) is 12.8 Å². The lowest BCUT2D eigenvalue weighted by molar-refractivity contribution is 0.0448. The van der Waals surface area contributed by atoms with Gasteiger partial charge in [-0.25, -0.2) is 0 Å². The number of hydrogen-bond donors (Lipinski definition) is 0. The molecule has 0 fully saturated rings. The minimum absolute atomic E-state index is 0. The molecule has 218 valence electrons. The highest BCUT2D eigenvalue weighted by Gasteiger charge is 1.96. The maximum Gasteiger partial charge on any atom is 0.0700 e. The van der Waals surface area contributed by atoms with Crippen LogP contribution in [0.5, 0.6) is 0 Å². The zero-order valence-corrected chi connectivity index (χ0v) is 25.2. The Morgan fingerprint density at radius 3 is 0.714 bits per heavy atom. The summed E-state index contributed by atoms with van der Waals surface area (Å²) in [6, 6.07) is 0. The third-order valence-corrected chi connectivity index (χ3v) is 6.16. The van der Waals surface area contributed by atoms with Gasteiger partial charge in [-0.3, -0.25) is 0 Å². The number of rotatable bonds is 27. The molecule has 0 spiro atoms. The van der Waals surface area contributed by atoms with Crippen molar-refractivity contribution in [2.45, 2.75) is 190 Å². The molecule has 0 N–H and O–H groups in total. The van der Waals surface area contributed by atoms with Gasteiger partial charge in [0.25, 0.3) is 0 Å². The van der Waals surface area contributed by atoms with Crippen LogP contribution in [0.4, 0.5) is 0 Å². The molecule has 0 saturated carbocycles. The fourth-order valence-corrected chi connectivity index (χ4v) is 4.06. The van der Waals surface area contributed by atoms with Crippen molar-refractivity contribution in [2.75, 3.05) is 26.4 Å². The molecule has 0 aliphatic carbocycles. The molecule has 0 aromatic rings. The Hall–Kier alpha value is -0.0800. The second-order valence-electron chi connectivity index (χ2n) is 9.30. The average molecular weight is 503 g/mol. The van der Waals surface area contributed by atoms with Crippen LogP contribution in [0.1, 0.15) is 190 Å². The highest BCUT2D eigenvalue weighted by Crippen LogP contribution is 2.12. The predicted molar refractivity (Wildman–Crippen MR) is 164 cm³/mol. The quantitative estimate of drug-likeness (QED) is 0.104. The third-order valence-electron chi connectivity index (χ3n) is 6.16. The van der Waals surface area contributed by atoms with E-state index < -0.39 is 0 Å². The molecule has 0 heterocycles. The van der Waals surface area contributed by atoms with Gasteiger partial charge in [-0.1, -0.05) is 177 Å². The fourth-order valence-electron chi connectivity index (χ4n) is 4.06. The predicted octanol–water partition coefficient (Wildman–Crippen LogP) is 12.3. The van der Waals surface area contributed by atoms with E-state index in [2.05, 4.69) is 13.8 Å². The molecular formula is C33H74O2. The Morgan fingerprint density at radius 1 is 0.286 bits per heavy atom. The fraction of sp³-hybridized carbons (Fsp3) is 1.00. The first kappa shape index (κ1) is 42.0. The molecule has 35 heavy (non-hydrogen) atoms. The average Bonchev–Trinajstić information content (AvgIpc) is 2.88. The maximum absolute atomic E-state index is 5.70. The summed E-state index contributed by atoms with van der Waals surface area (Å²) in [5.41, 5.74) is 0. The van der Waals surface area contributed by atoms with Crippen LogP contribution in [0.3, 0.4) is 0 Å². The summed E-state index contributed by atoms with van der Waals surface area (Å²) >= 11 is 0. The van der Waals surface area contributed by atoms with Gasteiger partial charge in [0, 0.05) is 13.2 Å². The molecule has 0 unspecified atom stereocenters. The molecule has 0 aromatic heterocycles. The summed E-state index contributed by atoms with van der Waals surface area (Å²) in [5, 5.41) is 0. The largest absolute Gasteiger partial charge is 0.379 e. The molecule has 0 rings (SSSR count). The molecule has 2 heteroatoms. The molecular weight excluding hydrogens is 428 g/mol. The molecule has 0 amide bonds. The van der Waals surface area contributed by atoms with Crippen LogP contribution in [-0.2, 0) is 9.47 Å². The lowest BCUT2D eigenvalue weighted by atomic mass is 10.1. The van der Waals surface area contributed by atoms with Gasteiger partial charge >= 0.3 is 0 Å². The molecule has 0 radical (unpaired) electrons. The number of unbranched alkanes of at least 4 members (excludes halogenated alkanes) is 20. The van der Waals surface area contributed by atoms with Crippen molar-refractivity contribution in [2.24, 2.45) is 0 Å². The zero-order chi connectivity index (χ0) is 25.8. The lowest BCUT2D eigenvalue weighted by Gasteiger charge is -2.06. The zero-order valence-electron chi connectivity index (χ0n) is 25.2. The Balaban J connectivity index is -0.000000908. The molecule has 0 aliphatic rings. The second kappa shape index (κ2) is 47.2. The van der Waals surface area contributed by atoms with Crippen molar-refractivity contribution in [3.63, 3.8) is 0 Å². The van der Waals surface area contributed by atoms with Gasteiger partial charge in [-0.2, -0.15) is 0 Å². The van der Waals surface area contributed by atoms with Crippen molar-refractivity contribution in [1.82, 2.24) is 0 Å². The van der Waals surface area contributed by atoms with Gasteiger partial charge in [0.05, 0.1) is 13.2 Å². The van der Waals surface area contributed by atoms with Crippen LogP contribution in [0, 0.1) is 0 Å². The smallest absolute Gasteiger partial charge is 0.0700 e. The van der Waals surface area contributed by atoms with E-state index in [1.165, 1.54) is 141 Å². The van der Waals surface area contributed by atoms with E-state index in [4.69, 9.17) is 9.47 Å². The van der Waals surface area contributed by atoms with Crippen LogP contribution in [0.25, 0.3) is 0 Å². The number of ether oxygens (including phenoxy) is 2. The van der Waals surface area contributed by atoms with Crippen LogP contribution in [0.15, 0.2) is 0 Å². The topological polar surface area (TPSA) is 18.5 Å². The SMILES string of the molecule is C.CC.CC.CCCCCCCCCCCCCOCCOCCCCCCCCCCCCC. The Morgan fingerprint density at radius 2 is 0.486 bits per heavy atom. The molecule has 0 saturated heterocycles. The summed E-state index contributed by atoms with van der Waals surface area (Å²) in [7, 11) is 0. The van der Waals surface area contributed by atoms with Crippen LogP contribution < -0.4 is 0 Å². The van der Waals surface area contributed by atoms with Crippen molar-refractivity contribution >= 4 is 0 Å². The Labute approximate surface area is 226 Å². The van der Waals surface area contributed by atoms with E-state index in [0.717, 1.165) is 26.4 Å². The minimum atomic E-state index is 0. The summed E-state index contributed by atoms with van der Waals surface area (Å²) in [6.07, 6.45) is 30.6. The molecule has 2 nitrogen and oxygen atoms in total. The van der Waals surface area contributed by atoms with Gasteiger partial charge in [0.1, 0.15) is 0 Å². The van der Waals surface area contributed by atoms with Crippen molar-refractivity contribution in [3.05, 3.63) is 0 Å². The van der Waals surface area contributed by atoms with Crippen LogP contribution >= 0.6 is 0 Å². The highest BCUT2D eigenvalue weighted by atomic mass is 16.5. The van der Waals surface area contributed by atoms with Gasteiger partial charge in [0.15, 0.2) is 0 Å². The minimum Gasteiger partial charge on any atom is -0.379 e. The summed E-state index contributed by atoms with van der Waals surface area (Å²) in [4.78, 5) is 0. The molecule has 0 aromatic carbocycles. The van der Waals surface area contributed by atoms with Gasteiger partial charge in [-0.15, -0.1) is 0 Å². The Bertz CT molecular complexity index is 252. The molecule has 0 aliphatic heterocycles. The van der Waals surface area contributed by atoms with E-state index in [9.17, 15) is 0 Å². The van der Waals surface area contributed by atoms with E-state index in [1.54, 1.807) is 0 Å². The monoisotopic (exact) mass is 503 g/mol. The summed E-state index contributed by atoms with van der Waals surface area (Å²) in [5.74, 6) is 0. The van der Waals surface area contributed by atoms with Crippen LogP contribution in [-0.4, -0.2) is 26.4 Å². The number of hydrogen-bond acceptors (Lipinski definition) is 2. The first-order valence-electron chi connectivity index (χ1n) is 16.1. The first-order chi connectivity index (χ1) is 16.9. The van der Waals surface area contributed by atoms with Gasteiger partial charge in [0.2, 0.25) is 0 Å². The van der Waals surface area contributed by atoms with Crippen molar-refractivity contribution < 1.29 is 9.47 Å². The highest BCUT2D eigenvalue weighted by molar-refractivity contribution is 4.49. The summed E-state index contributed by atoms with van der Waals surface area (Å²) < 4.78 is 11.4. The van der Waals surface area contributed by atoms with E-state index in [1.807, 2.05) is 27.7 Å². The van der Waals surface area contributed by atoms with E-state index in [-0.39, 0.29) is 7.43 Å². The van der Waals surface area contributed by atoms with E-state index in [0.29, 0.717) is 0 Å². The van der Waals surface area contributed by atoms with Crippen LogP contribution in [0.2, 0.25) is 0 Å². The third kappa shape index (κ3) is 47.7. The second-order valence-corrected chi connectivity index (χ2v) is 9.30. The van der Waals surface area contributed by atoms with Crippen molar-refractivity contribution in [3.8, 4) is 0 Å². The van der Waals surface area contributed by atoms with Gasteiger partial charge < -0.3 is 9.47 Å². The molecule has 0 atom stereocenters. The van der Waals surface area contributed by atoms with Crippen molar-refractivity contribution in [1.29, 1.82) is 0 Å².